The van der Waals surface area contributed by atoms with Gasteiger partial charge in [0.1, 0.15) is 0 Å². The summed E-state index contributed by atoms with van der Waals surface area (Å²) in [5, 5.41) is 14.6. The van der Waals surface area contributed by atoms with Crippen LogP contribution in [0.15, 0.2) is 64.6 Å². The zero-order chi connectivity index (χ0) is 17.9. The molecule has 0 spiro atoms. The van der Waals surface area contributed by atoms with Crippen LogP contribution in [0.5, 0.6) is 0 Å². The number of hydrogen-bond acceptors (Lipinski definition) is 4. The molecule has 1 saturated carbocycles. The Morgan fingerprint density at radius 1 is 1.08 bits per heavy atom. The molecule has 2 aromatic carbocycles. The Balaban J connectivity index is 1.86. The number of aliphatic hydroxyl groups excluding tert-OH is 1. The van der Waals surface area contributed by atoms with Gasteiger partial charge in [-0.2, -0.15) is 13.5 Å². The van der Waals surface area contributed by atoms with Crippen LogP contribution in [-0.2, 0) is 10.0 Å². The van der Waals surface area contributed by atoms with Crippen molar-refractivity contribution in [2.75, 3.05) is 0 Å². The topological polar surface area (TPSA) is 78.8 Å². The van der Waals surface area contributed by atoms with E-state index < -0.39 is 16.1 Å². The minimum Gasteiger partial charge on any atom is -0.392 e. The van der Waals surface area contributed by atoms with Crippen LogP contribution in [0.25, 0.3) is 0 Å². The van der Waals surface area contributed by atoms with E-state index in [0.717, 1.165) is 17.5 Å². The van der Waals surface area contributed by atoms with E-state index in [9.17, 15) is 13.5 Å². The minimum absolute atomic E-state index is 0.176. The van der Waals surface area contributed by atoms with Gasteiger partial charge in [0.25, 0.3) is 10.0 Å². The van der Waals surface area contributed by atoms with Crippen LogP contribution in [0.1, 0.15) is 36.3 Å². The zero-order valence-corrected chi connectivity index (χ0v) is 14.9. The highest BCUT2D eigenvalue weighted by Gasteiger charge is 2.30. The van der Waals surface area contributed by atoms with Crippen LogP contribution in [0.4, 0.5) is 0 Å². The van der Waals surface area contributed by atoms with Crippen LogP contribution >= 0.6 is 0 Å². The predicted molar refractivity (Wildman–Crippen MR) is 98.0 cm³/mol. The van der Waals surface area contributed by atoms with E-state index in [1.807, 2.05) is 37.3 Å². The van der Waals surface area contributed by atoms with E-state index in [2.05, 4.69) is 9.93 Å². The molecule has 0 amide bonds. The number of hydrogen-bond donors (Lipinski definition) is 2. The minimum atomic E-state index is -3.72. The molecule has 0 aromatic heterocycles. The Kier molecular flexibility index (Phi) is 5.20. The first-order chi connectivity index (χ1) is 12.0. The molecule has 132 valence electrons. The summed E-state index contributed by atoms with van der Waals surface area (Å²) in [6.45, 7) is 1.90. The molecule has 1 aliphatic carbocycles. The molecule has 0 heterocycles. The molecule has 0 bridgehead atoms. The van der Waals surface area contributed by atoms with Crippen LogP contribution in [0.2, 0.25) is 0 Å². The van der Waals surface area contributed by atoms with Crippen molar-refractivity contribution in [2.24, 2.45) is 5.10 Å². The molecule has 2 aromatic rings. The normalized spacial score (nSPS) is 22.7. The lowest BCUT2D eigenvalue weighted by atomic mass is 9.80. The average Bonchev–Trinajstić information content (AvgIpc) is 2.61. The fourth-order valence-electron chi connectivity index (χ4n) is 3.13. The van der Waals surface area contributed by atoms with Gasteiger partial charge in [-0.3, -0.25) is 0 Å². The largest absolute Gasteiger partial charge is 0.392 e. The van der Waals surface area contributed by atoms with E-state index in [-0.39, 0.29) is 10.8 Å². The fraction of sp³-hybridized carbons (Fsp3) is 0.316. The Labute approximate surface area is 148 Å². The third-order valence-corrected chi connectivity index (χ3v) is 5.70. The summed E-state index contributed by atoms with van der Waals surface area (Å²) in [6, 6.07) is 16.2. The molecular weight excluding hydrogens is 336 g/mol. The Morgan fingerprint density at radius 2 is 1.76 bits per heavy atom. The van der Waals surface area contributed by atoms with Gasteiger partial charge in [0.05, 0.1) is 16.9 Å². The third kappa shape index (κ3) is 4.08. The first-order valence-electron chi connectivity index (χ1n) is 8.35. The van der Waals surface area contributed by atoms with Crippen LogP contribution in [-0.4, -0.2) is 25.3 Å². The maximum absolute atomic E-state index is 12.4. The molecule has 0 unspecified atom stereocenters. The van der Waals surface area contributed by atoms with Crippen molar-refractivity contribution >= 4 is 15.7 Å². The number of aliphatic hydroxyl groups is 1. The molecule has 0 saturated heterocycles. The van der Waals surface area contributed by atoms with E-state index in [1.165, 1.54) is 0 Å². The Morgan fingerprint density at radius 3 is 2.44 bits per heavy atom. The first-order valence-corrected chi connectivity index (χ1v) is 9.83. The van der Waals surface area contributed by atoms with Gasteiger partial charge in [0.2, 0.25) is 0 Å². The molecule has 1 fully saturated rings. The van der Waals surface area contributed by atoms with E-state index in [0.29, 0.717) is 18.6 Å². The summed E-state index contributed by atoms with van der Waals surface area (Å²) in [6.07, 6.45) is 1.57. The van der Waals surface area contributed by atoms with Crippen molar-refractivity contribution in [2.45, 2.75) is 43.1 Å². The lowest BCUT2D eigenvalue weighted by molar-refractivity contribution is 0.144. The summed E-state index contributed by atoms with van der Waals surface area (Å²) in [4.78, 5) is 2.51. The number of sulfonamides is 1. The number of aryl methyl sites for hydroxylation is 1. The maximum Gasteiger partial charge on any atom is 0.276 e. The summed E-state index contributed by atoms with van der Waals surface area (Å²) in [5.74, 6) is -0.282. The number of hydrazone groups is 1. The molecular formula is C19H22N2O3S. The van der Waals surface area contributed by atoms with Gasteiger partial charge in [-0.15, -0.1) is 0 Å². The SMILES string of the molecule is Cc1ccc(S(=O)(=O)N/N=C2\CCC[C@H](O)[C@@H]2c2ccccc2)cc1. The second-order valence-electron chi connectivity index (χ2n) is 6.36. The smallest absolute Gasteiger partial charge is 0.276 e. The number of rotatable bonds is 4. The average molecular weight is 358 g/mol. The van der Waals surface area contributed by atoms with Crippen LogP contribution in [0.3, 0.4) is 0 Å². The highest BCUT2D eigenvalue weighted by molar-refractivity contribution is 7.89. The molecule has 2 atom stereocenters. The van der Waals surface area contributed by atoms with Crippen molar-refractivity contribution in [3.8, 4) is 0 Å². The highest BCUT2D eigenvalue weighted by atomic mass is 32.2. The van der Waals surface area contributed by atoms with Gasteiger partial charge in [-0.25, -0.2) is 4.83 Å². The van der Waals surface area contributed by atoms with Gasteiger partial charge in [-0.1, -0.05) is 48.0 Å². The van der Waals surface area contributed by atoms with Crippen molar-refractivity contribution in [3.05, 3.63) is 65.7 Å². The molecule has 1 aliphatic rings. The van der Waals surface area contributed by atoms with Gasteiger partial charge < -0.3 is 5.11 Å². The van der Waals surface area contributed by atoms with E-state index in [4.69, 9.17) is 0 Å². The summed E-state index contributed by atoms with van der Waals surface area (Å²) >= 11 is 0. The molecule has 2 N–H and O–H groups in total. The van der Waals surface area contributed by atoms with Crippen LogP contribution in [0, 0.1) is 6.92 Å². The van der Waals surface area contributed by atoms with Crippen molar-refractivity contribution in [1.82, 2.24) is 4.83 Å². The summed E-state index contributed by atoms with van der Waals surface area (Å²) in [5.41, 5.74) is 2.61. The van der Waals surface area contributed by atoms with Gasteiger partial charge in [0, 0.05) is 5.71 Å². The second kappa shape index (κ2) is 7.37. The number of benzene rings is 2. The molecule has 0 aliphatic heterocycles. The quantitative estimate of drug-likeness (QED) is 0.825. The summed E-state index contributed by atoms with van der Waals surface area (Å²) in [7, 11) is -3.72. The van der Waals surface area contributed by atoms with E-state index in [1.54, 1.807) is 24.3 Å². The van der Waals surface area contributed by atoms with E-state index >= 15 is 0 Å². The van der Waals surface area contributed by atoms with Gasteiger partial charge in [-0.05, 0) is 43.9 Å². The monoisotopic (exact) mass is 358 g/mol. The van der Waals surface area contributed by atoms with Crippen molar-refractivity contribution < 1.29 is 13.5 Å². The maximum atomic E-state index is 12.4. The Hall–Kier alpha value is -2.18. The molecule has 25 heavy (non-hydrogen) atoms. The lowest BCUT2D eigenvalue weighted by Gasteiger charge is -2.29. The van der Waals surface area contributed by atoms with Crippen LogP contribution < -0.4 is 4.83 Å². The zero-order valence-electron chi connectivity index (χ0n) is 14.1. The summed E-state index contributed by atoms with van der Waals surface area (Å²) < 4.78 is 24.9. The highest BCUT2D eigenvalue weighted by Crippen LogP contribution is 2.31. The van der Waals surface area contributed by atoms with Gasteiger partial charge >= 0.3 is 0 Å². The number of nitrogens with one attached hydrogen (secondary N) is 1. The Bertz CT molecular complexity index is 846. The molecule has 5 nitrogen and oxygen atoms in total. The standard InChI is InChI=1S/C19H22N2O3S/c1-14-10-12-16(13-11-14)25(23,24)21-20-17-8-5-9-18(22)19(17)15-6-3-2-4-7-15/h2-4,6-7,10-13,18-19,21-22H,5,8-9H2,1H3/b20-17+/t18-,19+/m0/s1. The number of nitrogens with zero attached hydrogens (tertiary/aromatic N) is 1. The predicted octanol–water partition coefficient (Wildman–Crippen LogP) is 2.96. The molecule has 0 radical (unpaired) electrons. The molecule has 6 heteroatoms. The van der Waals surface area contributed by atoms with Crippen molar-refractivity contribution in [3.63, 3.8) is 0 Å². The molecule has 3 rings (SSSR count). The van der Waals surface area contributed by atoms with Crippen molar-refractivity contribution in [1.29, 1.82) is 0 Å². The first kappa shape index (κ1) is 17.6. The second-order valence-corrected chi connectivity index (χ2v) is 8.02. The van der Waals surface area contributed by atoms with Gasteiger partial charge in [0.15, 0.2) is 0 Å². The third-order valence-electron chi connectivity index (χ3n) is 4.48. The lowest BCUT2D eigenvalue weighted by Crippen LogP contribution is -2.33. The fourth-order valence-corrected chi connectivity index (χ4v) is 3.96.